The zero-order chi connectivity index (χ0) is 21.6. The Morgan fingerprint density at radius 3 is 2.58 bits per heavy atom. The maximum Gasteiger partial charge on any atom is 0.264 e. The van der Waals surface area contributed by atoms with Crippen LogP contribution in [0.4, 0.5) is 10.1 Å². The molecule has 0 atom stereocenters. The molecule has 2 aliphatic rings. The molecule has 2 aromatic carbocycles. The molecule has 1 N–H and O–H groups in total. The zero-order valence-corrected chi connectivity index (χ0v) is 17.4. The van der Waals surface area contributed by atoms with Crippen LogP contribution in [0, 0.1) is 5.82 Å². The number of carbonyl (C=O) groups excluding carboxylic acids is 2. The average molecular weight is 441 g/mol. The Bertz CT molecular complexity index is 1020. The summed E-state index contributed by atoms with van der Waals surface area (Å²) < 4.78 is 23.8. The summed E-state index contributed by atoms with van der Waals surface area (Å²) in [6, 6.07) is 12.8. The number of aliphatic imine (C=N–C) groups is 1. The van der Waals surface area contributed by atoms with E-state index in [0.717, 1.165) is 5.56 Å². The quantitative estimate of drug-likeness (QED) is 0.722. The summed E-state index contributed by atoms with van der Waals surface area (Å²) in [5.41, 5.74) is 1.37. The minimum atomic E-state index is -0.342. The van der Waals surface area contributed by atoms with Crippen LogP contribution in [0.5, 0.6) is 5.75 Å². The van der Waals surface area contributed by atoms with E-state index in [4.69, 9.17) is 9.47 Å². The number of rotatable bonds is 5. The van der Waals surface area contributed by atoms with Crippen LogP contribution in [0.3, 0.4) is 0 Å². The van der Waals surface area contributed by atoms with Crippen LogP contribution in [-0.4, -0.2) is 54.8 Å². The highest BCUT2D eigenvalue weighted by molar-refractivity contribution is 8.18. The van der Waals surface area contributed by atoms with E-state index in [9.17, 15) is 14.0 Å². The predicted octanol–water partition coefficient (Wildman–Crippen LogP) is 2.95. The van der Waals surface area contributed by atoms with Gasteiger partial charge in [0, 0.05) is 13.1 Å². The minimum Gasteiger partial charge on any atom is -0.484 e. The van der Waals surface area contributed by atoms with Gasteiger partial charge in [-0.2, -0.15) is 0 Å². The number of nitrogens with one attached hydrogen (secondary N) is 1. The number of morpholine rings is 1. The van der Waals surface area contributed by atoms with E-state index in [1.54, 1.807) is 35.2 Å². The molecule has 160 valence electrons. The molecule has 4 rings (SSSR count). The van der Waals surface area contributed by atoms with Crippen molar-refractivity contribution in [3.63, 3.8) is 0 Å². The van der Waals surface area contributed by atoms with Gasteiger partial charge >= 0.3 is 0 Å². The van der Waals surface area contributed by atoms with E-state index < -0.39 is 0 Å². The summed E-state index contributed by atoms with van der Waals surface area (Å²) in [5, 5.41) is 3.13. The van der Waals surface area contributed by atoms with Crippen LogP contribution in [0.15, 0.2) is 58.4 Å². The van der Waals surface area contributed by atoms with Crippen LogP contribution in [0.1, 0.15) is 5.56 Å². The van der Waals surface area contributed by atoms with Gasteiger partial charge < -0.3 is 19.7 Å². The summed E-state index contributed by atoms with van der Waals surface area (Å²) in [4.78, 5) is 30.9. The van der Waals surface area contributed by atoms with Gasteiger partial charge in [-0.25, -0.2) is 9.38 Å². The molecule has 7 nitrogen and oxygen atoms in total. The molecule has 31 heavy (non-hydrogen) atoms. The van der Waals surface area contributed by atoms with E-state index in [2.05, 4.69) is 10.3 Å². The second kappa shape index (κ2) is 9.76. The normalized spacial score (nSPS) is 19.0. The van der Waals surface area contributed by atoms with Crippen molar-refractivity contribution in [3.05, 3.63) is 64.8 Å². The third-order valence-electron chi connectivity index (χ3n) is 4.61. The zero-order valence-electron chi connectivity index (χ0n) is 16.5. The second-order valence-corrected chi connectivity index (χ2v) is 7.84. The van der Waals surface area contributed by atoms with Crippen molar-refractivity contribution in [2.45, 2.75) is 0 Å². The molecule has 2 heterocycles. The van der Waals surface area contributed by atoms with Crippen LogP contribution >= 0.6 is 11.8 Å². The fraction of sp³-hybridized carbons (Fsp3) is 0.227. The molecule has 2 aromatic rings. The Balaban J connectivity index is 1.35. The average Bonchev–Trinajstić information content (AvgIpc) is 3.13. The van der Waals surface area contributed by atoms with Gasteiger partial charge in [0.1, 0.15) is 11.6 Å². The highest BCUT2D eigenvalue weighted by atomic mass is 32.2. The molecule has 0 saturated carbocycles. The van der Waals surface area contributed by atoms with Gasteiger partial charge in [0.15, 0.2) is 11.8 Å². The summed E-state index contributed by atoms with van der Waals surface area (Å²) in [7, 11) is 0. The number of nitrogens with zero attached hydrogens (tertiary/aromatic N) is 2. The van der Waals surface area contributed by atoms with E-state index >= 15 is 0 Å². The monoisotopic (exact) mass is 441 g/mol. The van der Waals surface area contributed by atoms with Crippen molar-refractivity contribution < 1.29 is 23.5 Å². The number of amidine groups is 1. The van der Waals surface area contributed by atoms with Crippen LogP contribution in [0.2, 0.25) is 0 Å². The SMILES string of the molecule is O=C1NC(=Nc2ccc(F)cc2)S/C1=C\c1ccc(OCC(=O)N2CCOCC2)cc1. The lowest BCUT2D eigenvalue weighted by Crippen LogP contribution is -2.42. The molecule has 2 fully saturated rings. The van der Waals surface area contributed by atoms with E-state index in [0.29, 0.717) is 47.8 Å². The van der Waals surface area contributed by atoms with Crippen molar-refractivity contribution in [2.24, 2.45) is 4.99 Å². The van der Waals surface area contributed by atoms with E-state index in [-0.39, 0.29) is 24.2 Å². The molecule has 0 spiro atoms. The second-order valence-electron chi connectivity index (χ2n) is 6.81. The molecule has 2 saturated heterocycles. The first-order chi connectivity index (χ1) is 15.1. The molecule has 0 aliphatic carbocycles. The van der Waals surface area contributed by atoms with Crippen molar-refractivity contribution in [3.8, 4) is 5.75 Å². The lowest BCUT2D eigenvalue weighted by Gasteiger charge is -2.26. The molecule has 0 unspecified atom stereocenters. The Hall–Kier alpha value is -3.17. The van der Waals surface area contributed by atoms with Crippen molar-refractivity contribution in [1.29, 1.82) is 0 Å². The van der Waals surface area contributed by atoms with Gasteiger partial charge in [0.05, 0.1) is 23.8 Å². The number of thioether (sulfide) groups is 1. The Morgan fingerprint density at radius 2 is 1.87 bits per heavy atom. The Morgan fingerprint density at radius 1 is 1.16 bits per heavy atom. The molecule has 2 aliphatic heterocycles. The first kappa shape index (κ1) is 21.1. The summed E-state index contributed by atoms with van der Waals surface area (Å²) >= 11 is 1.21. The number of ether oxygens (including phenoxy) is 2. The van der Waals surface area contributed by atoms with Crippen LogP contribution in [-0.2, 0) is 14.3 Å². The van der Waals surface area contributed by atoms with Gasteiger partial charge in [0.25, 0.3) is 11.8 Å². The van der Waals surface area contributed by atoms with Gasteiger partial charge in [-0.1, -0.05) is 12.1 Å². The smallest absolute Gasteiger partial charge is 0.264 e. The topological polar surface area (TPSA) is 80.2 Å². The summed E-state index contributed by atoms with van der Waals surface area (Å²) in [5.74, 6) is -0.0832. The lowest BCUT2D eigenvalue weighted by molar-refractivity contribution is -0.137. The molecular formula is C22H20FN3O4S. The number of hydrogen-bond acceptors (Lipinski definition) is 6. The van der Waals surface area contributed by atoms with Crippen LogP contribution in [0.25, 0.3) is 6.08 Å². The fourth-order valence-electron chi connectivity index (χ4n) is 2.97. The minimum absolute atomic E-state index is 0.0259. The van der Waals surface area contributed by atoms with Gasteiger partial charge in [0.2, 0.25) is 0 Å². The van der Waals surface area contributed by atoms with E-state index in [1.165, 1.54) is 23.9 Å². The largest absolute Gasteiger partial charge is 0.484 e. The standard InChI is InChI=1S/C22H20FN3O4S/c23-16-3-5-17(6-4-16)24-22-25-21(28)19(31-22)13-15-1-7-18(8-2-15)30-14-20(27)26-9-11-29-12-10-26/h1-8,13H,9-12,14H2,(H,24,25,28)/b19-13-. The fourth-order valence-corrected chi connectivity index (χ4v) is 3.82. The Labute approximate surface area is 182 Å². The van der Waals surface area contributed by atoms with Gasteiger partial charge in [-0.05, 0) is 59.8 Å². The van der Waals surface area contributed by atoms with Gasteiger partial charge in [-0.3, -0.25) is 9.59 Å². The summed E-state index contributed by atoms with van der Waals surface area (Å²) in [6.45, 7) is 2.25. The highest BCUT2D eigenvalue weighted by Crippen LogP contribution is 2.28. The lowest BCUT2D eigenvalue weighted by atomic mass is 10.2. The third kappa shape index (κ3) is 5.71. The number of hydrogen-bond donors (Lipinski definition) is 1. The van der Waals surface area contributed by atoms with Crippen molar-refractivity contribution >= 4 is 40.5 Å². The highest BCUT2D eigenvalue weighted by Gasteiger charge is 2.23. The predicted molar refractivity (Wildman–Crippen MR) is 117 cm³/mol. The van der Waals surface area contributed by atoms with Crippen molar-refractivity contribution in [2.75, 3.05) is 32.9 Å². The molecule has 0 bridgehead atoms. The summed E-state index contributed by atoms with van der Waals surface area (Å²) in [6.07, 6.45) is 1.75. The molecule has 9 heteroatoms. The molecule has 0 aromatic heterocycles. The third-order valence-corrected chi connectivity index (χ3v) is 5.52. The number of benzene rings is 2. The number of amides is 2. The van der Waals surface area contributed by atoms with Gasteiger partial charge in [-0.15, -0.1) is 0 Å². The molecule has 0 radical (unpaired) electrons. The Kier molecular flexibility index (Phi) is 6.63. The first-order valence-electron chi connectivity index (χ1n) is 9.70. The molecular weight excluding hydrogens is 421 g/mol. The first-order valence-corrected chi connectivity index (χ1v) is 10.5. The number of halogens is 1. The van der Waals surface area contributed by atoms with Crippen molar-refractivity contribution in [1.82, 2.24) is 10.2 Å². The molecule has 2 amide bonds. The van der Waals surface area contributed by atoms with E-state index in [1.807, 2.05) is 12.1 Å². The van der Waals surface area contributed by atoms with Crippen LogP contribution < -0.4 is 10.1 Å². The maximum atomic E-state index is 13.0. The maximum absolute atomic E-state index is 13.0. The number of carbonyl (C=O) groups is 2.